The number of hydrogen-bond donors (Lipinski definition) is 1. The predicted octanol–water partition coefficient (Wildman–Crippen LogP) is 5.19. The van der Waals surface area contributed by atoms with Crippen LogP contribution in [0.1, 0.15) is 63.0 Å². The van der Waals surface area contributed by atoms with Crippen LogP contribution < -0.4 is 10.1 Å². The second-order valence-corrected chi connectivity index (χ2v) is 7.87. The number of fused-ring (bicyclic) bond motifs is 3. The van der Waals surface area contributed by atoms with Crippen LogP contribution in [0.25, 0.3) is 16.5 Å². The molecule has 1 aliphatic rings. The van der Waals surface area contributed by atoms with Gasteiger partial charge in [-0.15, -0.1) is 0 Å². The van der Waals surface area contributed by atoms with Crippen LogP contribution in [0.3, 0.4) is 0 Å². The van der Waals surface area contributed by atoms with Gasteiger partial charge >= 0.3 is 0 Å². The third-order valence-electron chi connectivity index (χ3n) is 5.17. The van der Waals surface area contributed by atoms with Crippen molar-refractivity contribution in [2.45, 2.75) is 60.3 Å². The monoisotopic (exact) mass is 369 g/mol. The second-order valence-electron chi connectivity index (χ2n) is 7.87. The van der Waals surface area contributed by atoms with Gasteiger partial charge in [0.2, 0.25) is 5.91 Å². The summed E-state index contributed by atoms with van der Waals surface area (Å²) >= 11 is 0. The molecule has 0 radical (unpaired) electrons. The molecule has 0 atom stereocenters. The van der Waals surface area contributed by atoms with Crippen molar-refractivity contribution in [2.24, 2.45) is 5.92 Å². The molecule has 1 aromatic heterocycles. The van der Waals surface area contributed by atoms with Crippen LogP contribution in [0, 0.1) is 12.8 Å². The molecular formula is C23H31NO3. The van der Waals surface area contributed by atoms with Gasteiger partial charge in [-0.3, -0.25) is 4.79 Å². The van der Waals surface area contributed by atoms with E-state index in [9.17, 15) is 4.79 Å². The van der Waals surface area contributed by atoms with Crippen molar-refractivity contribution in [3.8, 4) is 5.75 Å². The van der Waals surface area contributed by atoms with E-state index in [-0.39, 0.29) is 5.91 Å². The molecule has 2 aromatic rings. The maximum Gasteiger partial charge on any atom is 0.244 e. The molecule has 0 saturated heterocycles. The van der Waals surface area contributed by atoms with E-state index in [1.54, 1.807) is 6.08 Å². The van der Waals surface area contributed by atoms with E-state index in [1.807, 2.05) is 13.8 Å². The van der Waals surface area contributed by atoms with Crippen LogP contribution in [0.4, 0.5) is 0 Å². The zero-order chi connectivity index (χ0) is 19.6. The fourth-order valence-electron chi connectivity index (χ4n) is 3.79. The molecule has 0 fully saturated rings. The Kier molecular flexibility index (Phi) is 5.93. The number of rotatable bonds is 6. The first-order valence-electron chi connectivity index (χ1n) is 10.1. The van der Waals surface area contributed by atoms with Crippen molar-refractivity contribution in [3.05, 3.63) is 34.6 Å². The Balaban J connectivity index is 2.07. The molecule has 1 aromatic carbocycles. The van der Waals surface area contributed by atoms with Crippen LogP contribution in [-0.4, -0.2) is 19.1 Å². The summed E-state index contributed by atoms with van der Waals surface area (Å²) in [6, 6.07) is 2.16. The average Bonchev–Trinajstić information content (AvgIpc) is 3.01. The maximum absolute atomic E-state index is 12.3. The lowest BCUT2D eigenvalue weighted by molar-refractivity contribution is -0.116. The average molecular weight is 370 g/mol. The Morgan fingerprint density at radius 2 is 2.07 bits per heavy atom. The summed E-state index contributed by atoms with van der Waals surface area (Å²) in [5.41, 5.74) is 5.19. The highest BCUT2D eigenvalue weighted by molar-refractivity contribution is 5.98. The Hall–Kier alpha value is -2.23. The van der Waals surface area contributed by atoms with Crippen molar-refractivity contribution in [1.82, 2.24) is 5.32 Å². The standard InChI is InChI=1S/C23H31NO3/c1-6-26-22-16(5)23-19(17-9-7-8-10-20(17)27-23)12-18(22)15(4)11-21(25)24-13-14(2)3/h11-12,14H,6-10,13H2,1-5H3,(H,24,25)/b15-11+. The second kappa shape index (κ2) is 8.20. The third kappa shape index (κ3) is 4.05. The normalized spacial score (nSPS) is 14.5. The summed E-state index contributed by atoms with van der Waals surface area (Å²) in [5, 5.41) is 4.13. The molecule has 4 nitrogen and oxygen atoms in total. The van der Waals surface area contributed by atoms with E-state index in [4.69, 9.17) is 9.15 Å². The van der Waals surface area contributed by atoms with Crippen LogP contribution in [0.2, 0.25) is 0 Å². The van der Waals surface area contributed by atoms with E-state index < -0.39 is 0 Å². The van der Waals surface area contributed by atoms with Gasteiger partial charge in [0.15, 0.2) is 0 Å². The van der Waals surface area contributed by atoms with Gasteiger partial charge in [0.05, 0.1) is 6.61 Å². The van der Waals surface area contributed by atoms with Crippen LogP contribution >= 0.6 is 0 Å². The summed E-state index contributed by atoms with van der Waals surface area (Å²) in [4.78, 5) is 12.3. The molecule has 0 bridgehead atoms. The first-order valence-corrected chi connectivity index (χ1v) is 10.1. The van der Waals surface area contributed by atoms with E-state index >= 15 is 0 Å². The molecule has 0 aliphatic heterocycles. The smallest absolute Gasteiger partial charge is 0.244 e. The SMILES string of the molecule is CCOc1c(/C(C)=C/C(=O)NCC(C)C)cc2c3c(oc2c1C)CCCC3. The van der Waals surface area contributed by atoms with Gasteiger partial charge in [-0.05, 0) is 57.6 Å². The molecule has 1 N–H and O–H groups in total. The largest absolute Gasteiger partial charge is 0.493 e. The number of nitrogens with one attached hydrogen (secondary N) is 1. The molecule has 1 heterocycles. The van der Waals surface area contributed by atoms with Crippen LogP contribution in [0.15, 0.2) is 16.6 Å². The van der Waals surface area contributed by atoms with Gasteiger partial charge in [-0.1, -0.05) is 13.8 Å². The van der Waals surface area contributed by atoms with E-state index in [2.05, 4.69) is 32.2 Å². The van der Waals surface area contributed by atoms with Crippen molar-refractivity contribution in [3.63, 3.8) is 0 Å². The number of benzene rings is 1. The van der Waals surface area contributed by atoms with Gasteiger partial charge in [0.1, 0.15) is 17.1 Å². The minimum atomic E-state index is -0.0596. The van der Waals surface area contributed by atoms with Crippen LogP contribution in [0.5, 0.6) is 5.75 Å². The topological polar surface area (TPSA) is 51.5 Å². The van der Waals surface area contributed by atoms with Gasteiger partial charge < -0.3 is 14.5 Å². The Morgan fingerprint density at radius 1 is 1.33 bits per heavy atom. The molecule has 27 heavy (non-hydrogen) atoms. The minimum absolute atomic E-state index is 0.0596. The van der Waals surface area contributed by atoms with Crippen molar-refractivity contribution in [2.75, 3.05) is 13.2 Å². The first kappa shape index (κ1) is 19.5. The first-order chi connectivity index (χ1) is 12.9. The van der Waals surface area contributed by atoms with Gasteiger partial charge in [-0.25, -0.2) is 0 Å². The number of amides is 1. The summed E-state index contributed by atoms with van der Waals surface area (Å²) in [7, 11) is 0. The van der Waals surface area contributed by atoms with Crippen molar-refractivity contribution in [1.29, 1.82) is 0 Å². The van der Waals surface area contributed by atoms with Crippen molar-refractivity contribution < 1.29 is 13.9 Å². The van der Waals surface area contributed by atoms with Gasteiger partial charge in [-0.2, -0.15) is 0 Å². The summed E-state index contributed by atoms with van der Waals surface area (Å²) in [6.45, 7) is 11.4. The fraction of sp³-hybridized carbons (Fsp3) is 0.522. The third-order valence-corrected chi connectivity index (χ3v) is 5.17. The van der Waals surface area contributed by atoms with Crippen LogP contribution in [-0.2, 0) is 17.6 Å². The number of carbonyl (C=O) groups excluding carboxylic acids is 1. The Morgan fingerprint density at radius 3 is 2.78 bits per heavy atom. The highest BCUT2D eigenvalue weighted by Gasteiger charge is 2.23. The molecule has 0 unspecified atom stereocenters. The lowest BCUT2D eigenvalue weighted by Gasteiger charge is -2.15. The maximum atomic E-state index is 12.3. The minimum Gasteiger partial charge on any atom is -0.493 e. The molecule has 146 valence electrons. The number of furan rings is 1. The number of allylic oxidation sites excluding steroid dienone is 1. The molecule has 3 rings (SSSR count). The summed E-state index contributed by atoms with van der Waals surface area (Å²) < 4.78 is 12.2. The lowest BCUT2D eigenvalue weighted by Crippen LogP contribution is -2.25. The highest BCUT2D eigenvalue weighted by atomic mass is 16.5. The molecule has 0 spiro atoms. The van der Waals surface area contributed by atoms with Gasteiger partial charge in [0, 0.05) is 41.1 Å². The zero-order valence-corrected chi connectivity index (χ0v) is 17.2. The zero-order valence-electron chi connectivity index (χ0n) is 17.2. The van der Waals surface area contributed by atoms with E-state index in [1.165, 1.54) is 23.8 Å². The Labute approximate surface area is 162 Å². The molecule has 0 saturated carbocycles. The summed E-state index contributed by atoms with van der Waals surface area (Å²) in [6.07, 6.45) is 6.14. The number of ether oxygens (including phenoxy) is 1. The van der Waals surface area contributed by atoms with Gasteiger partial charge in [0.25, 0.3) is 0 Å². The number of carbonyl (C=O) groups is 1. The molecule has 4 heteroatoms. The molecule has 1 aliphatic carbocycles. The molecular weight excluding hydrogens is 338 g/mol. The Bertz CT molecular complexity index is 874. The van der Waals surface area contributed by atoms with E-state index in [0.717, 1.165) is 46.6 Å². The van der Waals surface area contributed by atoms with Crippen molar-refractivity contribution >= 4 is 22.4 Å². The quantitative estimate of drug-likeness (QED) is 0.713. The number of aryl methyl sites for hydroxylation is 3. The number of hydrogen-bond acceptors (Lipinski definition) is 3. The lowest BCUT2D eigenvalue weighted by atomic mass is 9.93. The summed E-state index contributed by atoms with van der Waals surface area (Å²) in [5.74, 6) is 2.31. The highest BCUT2D eigenvalue weighted by Crippen LogP contribution is 2.41. The predicted molar refractivity (Wildman–Crippen MR) is 110 cm³/mol. The van der Waals surface area contributed by atoms with E-state index in [0.29, 0.717) is 19.1 Å². The molecule has 1 amide bonds. The fourth-order valence-corrected chi connectivity index (χ4v) is 3.79.